The second-order valence-electron chi connectivity index (χ2n) is 5.83. The quantitative estimate of drug-likeness (QED) is 0.483. The Morgan fingerprint density at radius 1 is 1.15 bits per heavy atom. The Balaban J connectivity index is 1.75. The summed E-state index contributed by atoms with van der Waals surface area (Å²) in [4.78, 5) is 14.7. The molecule has 0 spiro atoms. The van der Waals surface area contributed by atoms with E-state index >= 15 is 0 Å². The van der Waals surface area contributed by atoms with Crippen molar-refractivity contribution in [3.8, 4) is 11.5 Å². The third kappa shape index (κ3) is 4.04. The molecule has 3 rings (SSSR count). The highest BCUT2D eigenvalue weighted by atomic mass is 16.6. The molecule has 0 saturated carbocycles. The van der Waals surface area contributed by atoms with Crippen LogP contribution in [-0.4, -0.2) is 34.3 Å². The number of nitrogens with zero attached hydrogens (tertiary/aromatic N) is 3. The lowest BCUT2D eigenvalue weighted by atomic mass is 10.1. The monoisotopic (exact) mass is 369 g/mol. The molecule has 0 fully saturated rings. The minimum absolute atomic E-state index is 0.0486. The van der Waals surface area contributed by atoms with Gasteiger partial charge >= 0.3 is 0 Å². The maximum atomic E-state index is 10.7. The summed E-state index contributed by atoms with van der Waals surface area (Å²) in [5.74, 6) is 2.25. The molecule has 1 atom stereocenters. The van der Waals surface area contributed by atoms with Gasteiger partial charge in [-0.3, -0.25) is 15.2 Å². The lowest BCUT2D eigenvalue weighted by Crippen LogP contribution is -2.14. The molecular formula is C18H19N5O4. The van der Waals surface area contributed by atoms with E-state index in [2.05, 4.69) is 15.2 Å². The van der Waals surface area contributed by atoms with Crippen molar-refractivity contribution in [1.29, 1.82) is 0 Å². The highest BCUT2D eigenvalue weighted by Gasteiger charge is 2.17. The zero-order chi connectivity index (χ0) is 19.4. The summed E-state index contributed by atoms with van der Waals surface area (Å²) < 4.78 is 10.5. The molecule has 9 nitrogen and oxygen atoms in total. The number of nitro benzene ring substituents is 1. The summed E-state index contributed by atoms with van der Waals surface area (Å²) in [6.07, 6.45) is 0.462. The van der Waals surface area contributed by atoms with E-state index in [1.54, 1.807) is 38.5 Å². The number of nitrogens with one attached hydrogen (secondary N) is 1. The predicted molar refractivity (Wildman–Crippen MR) is 97.9 cm³/mol. The lowest BCUT2D eigenvalue weighted by molar-refractivity contribution is -0.384. The van der Waals surface area contributed by atoms with Crippen LogP contribution in [0, 0.1) is 10.1 Å². The molecule has 9 heteroatoms. The minimum atomic E-state index is -0.535. The highest BCUT2D eigenvalue weighted by Crippen LogP contribution is 2.30. The summed E-state index contributed by atoms with van der Waals surface area (Å²) in [6.45, 7) is 0. The average Bonchev–Trinajstić information content (AvgIpc) is 3.15. The summed E-state index contributed by atoms with van der Waals surface area (Å²) in [7, 11) is 3.12. The molecule has 27 heavy (non-hydrogen) atoms. The standard InChI is InChI=1S/C18H19N5O4/c1-26-14-8-5-12(10-15(14)27-2)17(19)18-20-16(21-22-18)9-11-3-6-13(7-4-11)23(24)25/h3-8,10,17H,9,19H2,1-2H3,(H,20,21,22)/t17-/m0/s1. The first-order valence-electron chi connectivity index (χ1n) is 8.14. The van der Waals surface area contributed by atoms with Crippen LogP contribution in [0.25, 0.3) is 0 Å². The van der Waals surface area contributed by atoms with Crippen molar-refractivity contribution in [2.45, 2.75) is 12.5 Å². The molecule has 1 aromatic heterocycles. The van der Waals surface area contributed by atoms with Crippen LogP contribution in [0.3, 0.4) is 0 Å². The Morgan fingerprint density at radius 3 is 2.48 bits per heavy atom. The second kappa shape index (κ2) is 7.83. The van der Waals surface area contributed by atoms with Crippen molar-refractivity contribution in [2.75, 3.05) is 14.2 Å². The fourth-order valence-electron chi connectivity index (χ4n) is 2.65. The van der Waals surface area contributed by atoms with Gasteiger partial charge in [0.15, 0.2) is 17.3 Å². The van der Waals surface area contributed by atoms with Gasteiger partial charge < -0.3 is 15.2 Å². The molecular weight excluding hydrogens is 350 g/mol. The van der Waals surface area contributed by atoms with Crippen molar-refractivity contribution >= 4 is 5.69 Å². The normalized spacial score (nSPS) is 11.8. The van der Waals surface area contributed by atoms with Crippen LogP contribution in [0.4, 0.5) is 5.69 Å². The Morgan fingerprint density at radius 2 is 1.85 bits per heavy atom. The molecule has 0 saturated heterocycles. The molecule has 0 aliphatic rings. The van der Waals surface area contributed by atoms with Crippen molar-refractivity contribution < 1.29 is 14.4 Å². The number of ether oxygens (including phenoxy) is 2. The number of aromatic nitrogens is 3. The third-order valence-corrected chi connectivity index (χ3v) is 4.11. The molecule has 0 bridgehead atoms. The first kappa shape index (κ1) is 18.3. The van der Waals surface area contributed by atoms with Crippen LogP contribution >= 0.6 is 0 Å². The van der Waals surface area contributed by atoms with Crippen molar-refractivity contribution in [1.82, 2.24) is 15.2 Å². The van der Waals surface area contributed by atoms with E-state index < -0.39 is 11.0 Å². The smallest absolute Gasteiger partial charge is 0.269 e. The number of non-ortho nitro benzene ring substituents is 1. The molecule has 3 N–H and O–H groups in total. The van der Waals surface area contributed by atoms with E-state index in [9.17, 15) is 10.1 Å². The summed E-state index contributed by atoms with van der Waals surface area (Å²) in [5.41, 5.74) is 7.99. The van der Waals surface area contributed by atoms with E-state index in [1.807, 2.05) is 6.07 Å². The summed E-state index contributed by atoms with van der Waals surface area (Å²) >= 11 is 0. The van der Waals surface area contributed by atoms with Crippen molar-refractivity contribution in [3.05, 3.63) is 75.4 Å². The highest BCUT2D eigenvalue weighted by molar-refractivity contribution is 5.44. The predicted octanol–water partition coefficient (Wildman–Crippen LogP) is 2.37. The number of hydrogen-bond acceptors (Lipinski definition) is 7. The Hall–Kier alpha value is -3.46. The van der Waals surface area contributed by atoms with Gasteiger partial charge in [-0.05, 0) is 23.3 Å². The molecule has 140 valence electrons. The maximum Gasteiger partial charge on any atom is 0.269 e. The Labute approximate surface area is 155 Å². The zero-order valence-electron chi connectivity index (χ0n) is 14.9. The molecule has 0 unspecified atom stereocenters. The number of nitro groups is 1. The van der Waals surface area contributed by atoms with Gasteiger partial charge in [-0.25, -0.2) is 4.98 Å². The van der Waals surface area contributed by atoms with E-state index in [-0.39, 0.29) is 5.69 Å². The van der Waals surface area contributed by atoms with E-state index in [4.69, 9.17) is 15.2 Å². The largest absolute Gasteiger partial charge is 0.493 e. The van der Waals surface area contributed by atoms with Crippen LogP contribution in [0.5, 0.6) is 11.5 Å². The third-order valence-electron chi connectivity index (χ3n) is 4.11. The molecule has 3 aromatic rings. The molecule has 0 amide bonds. The van der Waals surface area contributed by atoms with Gasteiger partial charge in [0.2, 0.25) is 0 Å². The number of benzene rings is 2. The molecule has 0 aliphatic heterocycles. The summed E-state index contributed by atoms with van der Waals surface area (Å²) in [5, 5.41) is 17.8. The van der Waals surface area contributed by atoms with Crippen LogP contribution in [0.15, 0.2) is 42.5 Å². The van der Waals surface area contributed by atoms with E-state index in [0.29, 0.717) is 29.6 Å². The zero-order valence-corrected chi connectivity index (χ0v) is 14.9. The van der Waals surface area contributed by atoms with Gasteiger partial charge in [0.05, 0.1) is 25.2 Å². The molecule has 0 radical (unpaired) electrons. The number of rotatable bonds is 7. The van der Waals surface area contributed by atoms with Gasteiger partial charge in [0.1, 0.15) is 5.82 Å². The van der Waals surface area contributed by atoms with Gasteiger partial charge in [0.25, 0.3) is 5.69 Å². The topological polar surface area (TPSA) is 129 Å². The molecule has 0 aliphatic carbocycles. The van der Waals surface area contributed by atoms with Crippen LogP contribution < -0.4 is 15.2 Å². The van der Waals surface area contributed by atoms with E-state index in [0.717, 1.165) is 11.1 Å². The summed E-state index contributed by atoms with van der Waals surface area (Å²) in [6, 6.07) is 11.2. The maximum absolute atomic E-state index is 10.7. The number of hydrogen-bond donors (Lipinski definition) is 2. The van der Waals surface area contributed by atoms with Crippen LogP contribution in [0.1, 0.15) is 28.8 Å². The van der Waals surface area contributed by atoms with Crippen LogP contribution in [-0.2, 0) is 6.42 Å². The Kier molecular flexibility index (Phi) is 5.32. The molecule has 1 heterocycles. The van der Waals surface area contributed by atoms with Gasteiger partial charge in [-0.2, -0.15) is 5.10 Å². The van der Waals surface area contributed by atoms with E-state index in [1.165, 1.54) is 12.1 Å². The fraction of sp³-hybridized carbons (Fsp3) is 0.222. The Bertz CT molecular complexity index is 939. The first-order valence-corrected chi connectivity index (χ1v) is 8.14. The van der Waals surface area contributed by atoms with Crippen molar-refractivity contribution in [2.24, 2.45) is 5.73 Å². The molecule has 2 aromatic carbocycles. The van der Waals surface area contributed by atoms with Crippen LogP contribution in [0.2, 0.25) is 0 Å². The van der Waals surface area contributed by atoms with Gasteiger partial charge in [-0.15, -0.1) is 0 Å². The number of nitrogens with two attached hydrogens (primary N) is 1. The SMILES string of the molecule is COc1ccc([C@H](N)c2n[nH]c(Cc3ccc([N+](=O)[O-])cc3)n2)cc1OC. The first-order chi connectivity index (χ1) is 13.0. The number of aromatic amines is 1. The second-order valence-corrected chi connectivity index (χ2v) is 5.83. The average molecular weight is 369 g/mol. The van der Waals surface area contributed by atoms with Gasteiger partial charge in [0, 0.05) is 18.6 Å². The fourth-order valence-corrected chi connectivity index (χ4v) is 2.65. The van der Waals surface area contributed by atoms with Gasteiger partial charge in [-0.1, -0.05) is 18.2 Å². The van der Waals surface area contributed by atoms with Crippen molar-refractivity contribution in [3.63, 3.8) is 0 Å². The lowest BCUT2D eigenvalue weighted by Gasteiger charge is -2.12. The number of methoxy groups -OCH3 is 2. The number of H-pyrrole nitrogens is 1. The minimum Gasteiger partial charge on any atom is -0.493 e.